The molecule has 0 amide bonds. The normalized spacial score (nSPS) is 18.2. The lowest BCUT2D eigenvalue weighted by atomic mass is 10.1. The van der Waals surface area contributed by atoms with E-state index in [0.717, 1.165) is 24.3 Å². The van der Waals surface area contributed by atoms with Crippen LogP contribution in [0.2, 0.25) is 0 Å². The first-order valence-electron chi connectivity index (χ1n) is 7.63. The van der Waals surface area contributed by atoms with Gasteiger partial charge < -0.3 is 9.64 Å². The Kier molecular flexibility index (Phi) is 4.29. The Labute approximate surface area is 134 Å². The molecule has 1 atom stereocenters. The van der Waals surface area contributed by atoms with Gasteiger partial charge in [0, 0.05) is 36.6 Å². The Morgan fingerprint density at radius 2 is 2.26 bits per heavy atom. The molecule has 1 saturated heterocycles. The lowest BCUT2D eigenvalue weighted by molar-refractivity contribution is -0.385. The Hall–Kier alpha value is -2.41. The number of rotatable bonds is 4. The molecule has 1 fully saturated rings. The summed E-state index contributed by atoms with van der Waals surface area (Å²) in [6, 6.07) is 5.26. The largest absolute Gasteiger partial charge is 0.373 e. The van der Waals surface area contributed by atoms with Crippen molar-refractivity contribution in [1.82, 2.24) is 9.78 Å². The van der Waals surface area contributed by atoms with Gasteiger partial charge in [-0.1, -0.05) is 0 Å². The van der Waals surface area contributed by atoms with Crippen LogP contribution in [0, 0.1) is 24.0 Å². The van der Waals surface area contributed by atoms with Gasteiger partial charge in [0.15, 0.2) is 0 Å². The number of hydrogen-bond donors (Lipinski definition) is 0. The third-order valence-corrected chi connectivity index (χ3v) is 4.03. The highest BCUT2D eigenvalue weighted by Crippen LogP contribution is 2.25. The second kappa shape index (κ2) is 6.37. The molecule has 0 N–H and O–H groups in total. The van der Waals surface area contributed by atoms with Crippen LogP contribution >= 0.6 is 0 Å². The molecule has 2 heterocycles. The van der Waals surface area contributed by atoms with Crippen molar-refractivity contribution >= 4 is 11.4 Å². The van der Waals surface area contributed by atoms with Crippen LogP contribution in [0.1, 0.15) is 11.1 Å². The van der Waals surface area contributed by atoms with Crippen molar-refractivity contribution in [3.05, 3.63) is 51.8 Å². The number of nitro benzene ring substituents is 1. The summed E-state index contributed by atoms with van der Waals surface area (Å²) in [4.78, 5) is 12.8. The Morgan fingerprint density at radius 1 is 1.43 bits per heavy atom. The standard InChI is InChI=1S/C16H20N4O3/c1-12-8-17-19(9-12)11-15-10-18(5-6-23-15)14-3-4-16(20(21)22)13(2)7-14/h3-4,7-9,15H,5-6,10-11H2,1-2H3. The first-order valence-corrected chi connectivity index (χ1v) is 7.63. The summed E-state index contributed by atoms with van der Waals surface area (Å²) in [6.45, 7) is 6.66. The highest BCUT2D eigenvalue weighted by Gasteiger charge is 2.22. The van der Waals surface area contributed by atoms with Gasteiger partial charge in [-0.25, -0.2) is 0 Å². The highest BCUT2D eigenvalue weighted by molar-refractivity contribution is 5.55. The fourth-order valence-corrected chi connectivity index (χ4v) is 2.88. The maximum absolute atomic E-state index is 10.9. The molecule has 0 bridgehead atoms. The van der Waals surface area contributed by atoms with Crippen LogP contribution in [-0.4, -0.2) is 40.5 Å². The van der Waals surface area contributed by atoms with E-state index in [9.17, 15) is 10.1 Å². The molecular weight excluding hydrogens is 296 g/mol. The second-order valence-corrected chi connectivity index (χ2v) is 5.91. The van der Waals surface area contributed by atoms with E-state index in [0.29, 0.717) is 18.7 Å². The van der Waals surface area contributed by atoms with E-state index < -0.39 is 0 Å². The highest BCUT2D eigenvalue weighted by atomic mass is 16.6. The zero-order valence-corrected chi connectivity index (χ0v) is 13.3. The molecule has 1 aromatic heterocycles. The molecule has 122 valence electrons. The molecule has 0 aliphatic carbocycles. The molecule has 0 radical (unpaired) electrons. The van der Waals surface area contributed by atoms with Crippen LogP contribution in [0.15, 0.2) is 30.6 Å². The first-order chi connectivity index (χ1) is 11.0. The van der Waals surface area contributed by atoms with Crippen LogP contribution in [0.25, 0.3) is 0 Å². The van der Waals surface area contributed by atoms with E-state index in [4.69, 9.17) is 4.74 Å². The van der Waals surface area contributed by atoms with Crippen LogP contribution < -0.4 is 4.90 Å². The van der Waals surface area contributed by atoms with Gasteiger partial charge in [-0.05, 0) is 31.5 Å². The van der Waals surface area contributed by atoms with Crippen LogP contribution in [0.5, 0.6) is 0 Å². The number of benzene rings is 1. The van der Waals surface area contributed by atoms with Crippen molar-refractivity contribution in [2.75, 3.05) is 24.6 Å². The van der Waals surface area contributed by atoms with Gasteiger partial charge in [0.25, 0.3) is 5.69 Å². The van der Waals surface area contributed by atoms with Gasteiger partial charge in [-0.3, -0.25) is 14.8 Å². The molecule has 1 aliphatic heterocycles. The second-order valence-electron chi connectivity index (χ2n) is 5.91. The summed E-state index contributed by atoms with van der Waals surface area (Å²) in [5.74, 6) is 0. The summed E-state index contributed by atoms with van der Waals surface area (Å²) in [5.41, 5.74) is 2.96. The predicted molar refractivity (Wildman–Crippen MR) is 86.8 cm³/mol. The Balaban J connectivity index is 1.70. The number of aryl methyl sites for hydroxylation is 2. The molecule has 1 aromatic carbocycles. The van der Waals surface area contributed by atoms with E-state index in [1.165, 1.54) is 0 Å². The Bertz CT molecular complexity index is 713. The number of anilines is 1. The lowest BCUT2D eigenvalue weighted by Crippen LogP contribution is -2.44. The Morgan fingerprint density at radius 3 is 2.91 bits per heavy atom. The molecule has 1 aliphatic rings. The maximum atomic E-state index is 10.9. The number of morpholine rings is 1. The summed E-state index contributed by atoms with van der Waals surface area (Å²) in [7, 11) is 0. The third-order valence-electron chi connectivity index (χ3n) is 4.03. The maximum Gasteiger partial charge on any atom is 0.272 e. The number of nitro groups is 1. The van der Waals surface area contributed by atoms with Crippen LogP contribution in [0.3, 0.4) is 0 Å². The van der Waals surface area contributed by atoms with Crippen molar-refractivity contribution in [2.24, 2.45) is 0 Å². The minimum absolute atomic E-state index is 0.0542. The van der Waals surface area contributed by atoms with E-state index >= 15 is 0 Å². The van der Waals surface area contributed by atoms with Gasteiger partial charge in [-0.15, -0.1) is 0 Å². The van der Waals surface area contributed by atoms with E-state index in [2.05, 4.69) is 10.00 Å². The molecule has 1 unspecified atom stereocenters. The fraction of sp³-hybridized carbons (Fsp3) is 0.438. The number of ether oxygens (including phenoxy) is 1. The van der Waals surface area contributed by atoms with Crippen molar-refractivity contribution in [1.29, 1.82) is 0 Å². The minimum atomic E-state index is -0.346. The van der Waals surface area contributed by atoms with E-state index in [1.807, 2.05) is 36.1 Å². The number of nitrogens with zero attached hydrogens (tertiary/aromatic N) is 4. The molecule has 7 heteroatoms. The average Bonchev–Trinajstić information content (AvgIpc) is 2.92. The van der Waals surface area contributed by atoms with Crippen LogP contribution in [-0.2, 0) is 11.3 Å². The fourth-order valence-electron chi connectivity index (χ4n) is 2.88. The molecule has 3 rings (SSSR count). The summed E-state index contributed by atoms with van der Waals surface area (Å²) >= 11 is 0. The van der Waals surface area contributed by atoms with Crippen molar-refractivity contribution in [2.45, 2.75) is 26.5 Å². The molecule has 2 aromatic rings. The van der Waals surface area contributed by atoms with Gasteiger partial charge in [0.1, 0.15) is 0 Å². The smallest absolute Gasteiger partial charge is 0.272 e. The van der Waals surface area contributed by atoms with Crippen molar-refractivity contribution in [3.63, 3.8) is 0 Å². The molecule has 23 heavy (non-hydrogen) atoms. The van der Waals surface area contributed by atoms with Gasteiger partial charge in [0.05, 0.1) is 30.4 Å². The topological polar surface area (TPSA) is 73.4 Å². The molecule has 7 nitrogen and oxygen atoms in total. The zero-order chi connectivity index (χ0) is 16.4. The zero-order valence-electron chi connectivity index (χ0n) is 13.3. The molecule has 0 saturated carbocycles. The van der Waals surface area contributed by atoms with Gasteiger partial charge in [0.2, 0.25) is 0 Å². The van der Waals surface area contributed by atoms with Crippen LogP contribution in [0.4, 0.5) is 11.4 Å². The summed E-state index contributed by atoms with van der Waals surface area (Å²) < 4.78 is 7.72. The average molecular weight is 316 g/mol. The predicted octanol–water partition coefficient (Wildman–Crippen LogP) is 2.31. The van der Waals surface area contributed by atoms with Crippen molar-refractivity contribution < 1.29 is 9.66 Å². The van der Waals surface area contributed by atoms with Crippen molar-refractivity contribution in [3.8, 4) is 0 Å². The quantitative estimate of drug-likeness (QED) is 0.639. The van der Waals surface area contributed by atoms with Gasteiger partial charge >= 0.3 is 0 Å². The summed E-state index contributed by atoms with van der Waals surface area (Å²) in [6.07, 6.45) is 3.89. The number of hydrogen-bond acceptors (Lipinski definition) is 5. The monoisotopic (exact) mass is 316 g/mol. The molecular formula is C16H20N4O3. The number of aromatic nitrogens is 2. The SMILES string of the molecule is Cc1cnn(CC2CN(c3ccc([N+](=O)[O-])c(C)c3)CCO2)c1. The summed E-state index contributed by atoms with van der Waals surface area (Å²) in [5, 5.41) is 15.2. The first kappa shape index (κ1) is 15.5. The third kappa shape index (κ3) is 3.50. The van der Waals surface area contributed by atoms with E-state index in [-0.39, 0.29) is 16.7 Å². The minimum Gasteiger partial charge on any atom is -0.373 e. The van der Waals surface area contributed by atoms with E-state index in [1.54, 1.807) is 13.0 Å². The van der Waals surface area contributed by atoms with Gasteiger partial charge in [-0.2, -0.15) is 5.10 Å². The molecule has 0 spiro atoms. The lowest BCUT2D eigenvalue weighted by Gasteiger charge is -2.34.